The third-order valence-corrected chi connectivity index (χ3v) is 6.82. The Morgan fingerprint density at radius 1 is 0.575 bits per heavy atom. The normalized spacial score (nSPS) is 14.6. The monoisotopic (exact) mass is 574 g/mol. The van der Waals surface area contributed by atoms with Crippen molar-refractivity contribution in [1.82, 2.24) is 0 Å². The third-order valence-electron chi connectivity index (χ3n) is 6.82. The van der Waals surface area contributed by atoms with E-state index in [0.29, 0.717) is 38.9 Å². The fourth-order valence-corrected chi connectivity index (χ4v) is 4.40. The molecule has 0 saturated heterocycles. The summed E-state index contributed by atoms with van der Waals surface area (Å²) in [5.74, 6) is -2.52. The van der Waals surface area contributed by atoms with Crippen molar-refractivity contribution in [3.8, 4) is 0 Å². The van der Waals surface area contributed by atoms with E-state index >= 15 is 0 Å². The molecule has 234 valence electrons. The highest BCUT2D eigenvalue weighted by Gasteiger charge is 2.35. The molecule has 0 radical (unpaired) electrons. The summed E-state index contributed by atoms with van der Waals surface area (Å²) in [4.78, 5) is 46.6. The number of carbonyl (C=O) groups excluding carboxylic acids is 2. The Morgan fingerprint density at radius 3 is 1.12 bits per heavy atom. The van der Waals surface area contributed by atoms with E-state index in [2.05, 4.69) is 0 Å². The number of hydrogen-bond donors (Lipinski definition) is 2. The average molecular weight is 575 g/mol. The molecular formula is C30H54O10. The lowest BCUT2D eigenvalue weighted by Crippen LogP contribution is -2.42. The number of carboxylic acids is 2. The van der Waals surface area contributed by atoms with E-state index in [4.69, 9.17) is 29.2 Å². The lowest BCUT2D eigenvalue weighted by Gasteiger charge is -2.36. The highest BCUT2D eigenvalue weighted by Crippen LogP contribution is 2.28. The standard InChI is InChI=1S/C30H54O10/c1-11-21(39-29(7,8)23(31)13-15-25(33)34)19-27(3,4)37-17-18-38-28(5,6)20-22(12-2)40-30(9,10)24(32)14-16-26(35)36/h21-22H,11-20H2,1-10H3,(H,33,34)(H,35,36). The maximum Gasteiger partial charge on any atom is 0.303 e. The van der Waals surface area contributed by atoms with Crippen molar-refractivity contribution in [1.29, 1.82) is 0 Å². The number of hydrogen-bond acceptors (Lipinski definition) is 8. The van der Waals surface area contributed by atoms with Gasteiger partial charge in [0.05, 0.1) is 49.5 Å². The van der Waals surface area contributed by atoms with Gasteiger partial charge in [0, 0.05) is 25.7 Å². The molecule has 2 unspecified atom stereocenters. The minimum Gasteiger partial charge on any atom is -0.481 e. The molecule has 10 heteroatoms. The van der Waals surface area contributed by atoms with Gasteiger partial charge in [-0.05, 0) is 68.2 Å². The first-order chi connectivity index (χ1) is 18.2. The molecule has 2 N–H and O–H groups in total. The number of carbonyl (C=O) groups is 4. The maximum atomic E-state index is 12.5. The molecule has 0 heterocycles. The van der Waals surface area contributed by atoms with Crippen molar-refractivity contribution in [2.75, 3.05) is 13.2 Å². The second-order valence-corrected chi connectivity index (χ2v) is 12.6. The molecule has 0 aromatic rings. The summed E-state index contributed by atoms with van der Waals surface area (Å²) in [5.41, 5.74) is -3.28. The number of ether oxygens (including phenoxy) is 4. The lowest BCUT2D eigenvalue weighted by atomic mass is 9.95. The number of carboxylic acid groups (broad SMARTS) is 2. The van der Waals surface area contributed by atoms with Crippen molar-refractivity contribution < 1.29 is 48.3 Å². The SMILES string of the molecule is CCC(CC(C)(C)OCCOC(C)(C)CC(CC)OC(C)(C)C(=O)CCC(=O)O)OC(C)(C)C(=O)CCC(=O)O. The van der Waals surface area contributed by atoms with Crippen LogP contribution >= 0.6 is 0 Å². The molecule has 0 saturated carbocycles. The minimum absolute atomic E-state index is 0.0752. The smallest absolute Gasteiger partial charge is 0.303 e. The van der Waals surface area contributed by atoms with Crippen molar-refractivity contribution in [3.05, 3.63) is 0 Å². The summed E-state index contributed by atoms with van der Waals surface area (Å²) >= 11 is 0. The fourth-order valence-electron chi connectivity index (χ4n) is 4.40. The molecule has 0 aliphatic heterocycles. The molecule has 0 aliphatic rings. The topological polar surface area (TPSA) is 146 Å². The van der Waals surface area contributed by atoms with Crippen LogP contribution in [0.4, 0.5) is 0 Å². The van der Waals surface area contributed by atoms with E-state index in [1.807, 2.05) is 41.5 Å². The van der Waals surface area contributed by atoms with Gasteiger partial charge < -0.3 is 29.2 Å². The molecule has 0 bridgehead atoms. The Balaban J connectivity index is 4.83. The first kappa shape index (κ1) is 38.1. The Bertz CT molecular complexity index is 760. The van der Waals surface area contributed by atoms with Crippen molar-refractivity contribution in [2.24, 2.45) is 0 Å². The van der Waals surface area contributed by atoms with Gasteiger partial charge in [-0.1, -0.05) is 13.8 Å². The third kappa shape index (κ3) is 15.8. The van der Waals surface area contributed by atoms with Gasteiger partial charge in [-0.25, -0.2) is 0 Å². The van der Waals surface area contributed by atoms with Gasteiger partial charge in [-0.15, -0.1) is 0 Å². The number of aliphatic carboxylic acids is 2. The zero-order valence-corrected chi connectivity index (χ0v) is 26.4. The molecule has 0 spiro atoms. The van der Waals surface area contributed by atoms with Crippen LogP contribution in [-0.4, -0.2) is 81.5 Å². The van der Waals surface area contributed by atoms with E-state index in [1.54, 1.807) is 27.7 Å². The molecule has 0 aromatic heterocycles. The molecule has 2 atom stereocenters. The number of rotatable bonds is 23. The number of Topliss-reactive ketones (excluding diaryl/α,β-unsaturated/α-hetero) is 2. The van der Waals surface area contributed by atoms with Crippen LogP contribution in [0.3, 0.4) is 0 Å². The summed E-state index contributed by atoms with van der Waals surface area (Å²) in [7, 11) is 0. The van der Waals surface area contributed by atoms with E-state index in [0.717, 1.165) is 0 Å². The molecule has 10 nitrogen and oxygen atoms in total. The van der Waals surface area contributed by atoms with Crippen LogP contribution in [0.15, 0.2) is 0 Å². The Hall–Kier alpha value is -1.88. The first-order valence-corrected chi connectivity index (χ1v) is 14.3. The largest absolute Gasteiger partial charge is 0.481 e. The van der Waals surface area contributed by atoms with Gasteiger partial charge in [-0.3, -0.25) is 19.2 Å². The first-order valence-electron chi connectivity index (χ1n) is 14.3. The van der Waals surface area contributed by atoms with Gasteiger partial charge in [0.1, 0.15) is 11.2 Å². The van der Waals surface area contributed by atoms with Crippen molar-refractivity contribution >= 4 is 23.5 Å². The van der Waals surface area contributed by atoms with Gasteiger partial charge in [-0.2, -0.15) is 0 Å². The average Bonchev–Trinajstić information content (AvgIpc) is 2.81. The van der Waals surface area contributed by atoms with Crippen molar-refractivity contribution in [2.45, 2.75) is 155 Å². The van der Waals surface area contributed by atoms with Gasteiger partial charge in [0.15, 0.2) is 11.6 Å². The van der Waals surface area contributed by atoms with Crippen LogP contribution < -0.4 is 0 Å². The number of ketones is 2. The maximum absolute atomic E-state index is 12.5. The van der Waals surface area contributed by atoms with Crippen LogP contribution in [0, 0.1) is 0 Å². The lowest BCUT2D eigenvalue weighted by molar-refractivity contribution is -0.161. The second kappa shape index (κ2) is 16.5. The minimum atomic E-state index is -1.09. The Kier molecular flexibility index (Phi) is 15.8. The van der Waals surface area contributed by atoms with E-state index in [9.17, 15) is 19.2 Å². The van der Waals surface area contributed by atoms with Crippen LogP contribution in [0.25, 0.3) is 0 Å². The summed E-state index contributed by atoms with van der Waals surface area (Å²) in [6.45, 7) is 19.1. The second-order valence-electron chi connectivity index (χ2n) is 12.6. The van der Waals surface area contributed by atoms with E-state index < -0.39 is 34.3 Å². The highest BCUT2D eigenvalue weighted by atomic mass is 16.6. The predicted octanol–water partition coefficient (Wildman–Crippen LogP) is 5.37. The summed E-state index contributed by atoms with van der Waals surface area (Å²) in [6.07, 6.45) is 1.32. The molecular weight excluding hydrogens is 520 g/mol. The Labute approximate surface area is 240 Å². The highest BCUT2D eigenvalue weighted by molar-refractivity contribution is 5.89. The Morgan fingerprint density at radius 2 is 0.875 bits per heavy atom. The molecule has 0 fully saturated rings. The molecule has 0 aromatic carbocycles. The quantitative estimate of drug-likeness (QED) is 0.153. The van der Waals surface area contributed by atoms with Gasteiger partial charge in [0.25, 0.3) is 0 Å². The van der Waals surface area contributed by atoms with Gasteiger partial charge >= 0.3 is 11.9 Å². The summed E-state index contributed by atoms with van der Waals surface area (Å²) in [5, 5.41) is 17.7. The molecule has 0 aliphatic carbocycles. The van der Waals surface area contributed by atoms with Gasteiger partial charge in [0.2, 0.25) is 0 Å². The summed E-state index contributed by atoms with van der Waals surface area (Å²) < 4.78 is 24.4. The molecule has 0 amide bonds. The predicted molar refractivity (Wildman–Crippen MR) is 152 cm³/mol. The van der Waals surface area contributed by atoms with Crippen LogP contribution in [-0.2, 0) is 38.1 Å². The summed E-state index contributed by atoms with van der Waals surface area (Å²) in [6, 6.07) is 0. The fraction of sp³-hybridized carbons (Fsp3) is 0.867. The van der Waals surface area contributed by atoms with E-state index in [-0.39, 0.29) is 49.5 Å². The zero-order chi connectivity index (χ0) is 31.4. The van der Waals surface area contributed by atoms with E-state index in [1.165, 1.54) is 0 Å². The van der Waals surface area contributed by atoms with Crippen molar-refractivity contribution in [3.63, 3.8) is 0 Å². The molecule has 40 heavy (non-hydrogen) atoms. The van der Waals surface area contributed by atoms with Crippen LogP contribution in [0.2, 0.25) is 0 Å². The zero-order valence-electron chi connectivity index (χ0n) is 26.4. The van der Waals surface area contributed by atoms with Crippen LogP contribution in [0.1, 0.15) is 121 Å². The molecule has 0 rings (SSSR count). The van der Waals surface area contributed by atoms with Crippen LogP contribution in [0.5, 0.6) is 0 Å².